The van der Waals surface area contributed by atoms with Crippen molar-refractivity contribution in [1.82, 2.24) is 4.98 Å². The first kappa shape index (κ1) is 14.0. The number of aromatic nitrogens is 1. The van der Waals surface area contributed by atoms with Gasteiger partial charge in [0, 0.05) is 11.1 Å². The summed E-state index contributed by atoms with van der Waals surface area (Å²) in [6, 6.07) is 4.53. The van der Waals surface area contributed by atoms with Crippen LogP contribution in [0.4, 0.5) is 4.39 Å². The Morgan fingerprint density at radius 1 is 1.48 bits per heavy atom. The molecule has 1 aromatic carbocycles. The number of halogens is 1. The van der Waals surface area contributed by atoms with E-state index in [9.17, 15) is 14.3 Å². The highest BCUT2D eigenvalue weighted by Crippen LogP contribution is 2.33. The number of carboxylic acids is 1. The molecule has 21 heavy (non-hydrogen) atoms. The number of carbonyl (C=O) groups is 1. The van der Waals surface area contributed by atoms with Crippen molar-refractivity contribution in [3.8, 4) is 0 Å². The van der Waals surface area contributed by atoms with Gasteiger partial charge in [-0.25, -0.2) is 14.2 Å². The number of fused-ring (bicyclic) bond motifs is 2. The Bertz CT molecular complexity index is 711. The predicted octanol–water partition coefficient (Wildman–Crippen LogP) is 3.98. The van der Waals surface area contributed by atoms with Crippen LogP contribution in [0.25, 0.3) is 10.9 Å². The third kappa shape index (κ3) is 2.39. The Labute approximate surface area is 122 Å². The molecule has 0 saturated heterocycles. The van der Waals surface area contributed by atoms with Crippen LogP contribution in [0.1, 0.15) is 47.8 Å². The molecule has 1 aromatic heterocycles. The molecule has 0 amide bonds. The molecule has 3 rings (SSSR count). The van der Waals surface area contributed by atoms with Crippen molar-refractivity contribution in [2.75, 3.05) is 0 Å². The van der Waals surface area contributed by atoms with Crippen LogP contribution in [0.15, 0.2) is 18.2 Å². The smallest absolute Gasteiger partial charge is 0.336 e. The van der Waals surface area contributed by atoms with Gasteiger partial charge in [-0.1, -0.05) is 31.9 Å². The molecule has 1 N–H and O–H groups in total. The van der Waals surface area contributed by atoms with Crippen LogP contribution in [0, 0.1) is 11.7 Å². The van der Waals surface area contributed by atoms with E-state index >= 15 is 0 Å². The molecular weight excluding hydrogens is 269 g/mol. The van der Waals surface area contributed by atoms with Crippen molar-refractivity contribution in [1.29, 1.82) is 0 Å². The first-order valence-corrected chi connectivity index (χ1v) is 7.45. The minimum absolute atomic E-state index is 0.183. The average molecular weight is 287 g/mol. The molecule has 0 aliphatic heterocycles. The van der Waals surface area contributed by atoms with Crippen molar-refractivity contribution >= 4 is 16.9 Å². The molecule has 1 heterocycles. The quantitative estimate of drug-likeness (QED) is 0.929. The number of para-hydroxylation sites is 1. The SMILES string of the molecule is CCCC1CCc2nc3c(F)cccc3c(C(=O)O)c2C1. The van der Waals surface area contributed by atoms with Gasteiger partial charge in [-0.05, 0) is 36.8 Å². The van der Waals surface area contributed by atoms with Crippen LogP contribution >= 0.6 is 0 Å². The van der Waals surface area contributed by atoms with Gasteiger partial charge >= 0.3 is 5.97 Å². The van der Waals surface area contributed by atoms with E-state index < -0.39 is 11.8 Å². The molecule has 0 spiro atoms. The number of nitrogens with zero attached hydrogens (tertiary/aromatic N) is 1. The number of hydrogen-bond acceptors (Lipinski definition) is 2. The lowest BCUT2D eigenvalue weighted by atomic mass is 9.81. The first-order valence-electron chi connectivity index (χ1n) is 7.45. The van der Waals surface area contributed by atoms with Gasteiger partial charge in [-0.15, -0.1) is 0 Å². The number of benzene rings is 1. The maximum atomic E-state index is 13.9. The second kappa shape index (κ2) is 5.43. The maximum Gasteiger partial charge on any atom is 0.336 e. The molecule has 0 saturated carbocycles. The molecule has 1 aliphatic rings. The topological polar surface area (TPSA) is 50.2 Å². The lowest BCUT2D eigenvalue weighted by Crippen LogP contribution is -2.20. The molecule has 0 bridgehead atoms. The van der Waals surface area contributed by atoms with Crippen molar-refractivity contribution in [3.63, 3.8) is 0 Å². The van der Waals surface area contributed by atoms with Gasteiger partial charge in [0.15, 0.2) is 0 Å². The average Bonchev–Trinajstić information content (AvgIpc) is 2.45. The molecule has 0 radical (unpaired) electrons. The van der Waals surface area contributed by atoms with E-state index in [2.05, 4.69) is 11.9 Å². The number of carboxylic acid groups (broad SMARTS) is 1. The Morgan fingerprint density at radius 2 is 2.29 bits per heavy atom. The number of pyridine rings is 1. The molecule has 1 aliphatic carbocycles. The minimum Gasteiger partial charge on any atom is -0.478 e. The highest BCUT2D eigenvalue weighted by molar-refractivity contribution is 6.04. The van der Waals surface area contributed by atoms with Crippen molar-refractivity contribution in [2.24, 2.45) is 5.92 Å². The molecule has 3 nitrogen and oxygen atoms in total. The lowest BCUT2D eigenvalue weighted by molar-refractivity contribution is 0.0697. The van der Waals surface area contributed by atoms with E-state index in [1.54, 1.807) is 12.1 Å². The fourth-order valence-electron chi connectivity index (χ4n) is 3.40. The van der Waals surface area contributed by atoms with Crippen LogP contribution in [-0.2, 0) is 12.8 Å². The van der Waals surface area contributed by atoms with Crippen molar-refractivity contribution < 1.29 is 14.3 Å². The zero-order valence-electron chi connectivity index (χ0n) is 12.0. The van der Waals surface area contributed by atoms with Crippen LogP contribution in [0.3, 0.4) is 0 Å². The Kier molecular flexibility index (Phi) is 3.62. The first-order chi connectivity index (χ1) is 10.1. The van der Waals surface area contributed by atoms with E-state index in [0.29, 0.717) is 11.3 Å². The zero-order valence-corrected chi connectivity index (χ0v) is 12.0. The van der Waals surface area contributed by atoms with Gasteiger partial charge in [0.2, 0.25) is 0 Å². The highest BCUT2D eigenvalue weighted by Gasteiger charge is 2.27. The van der Waals surface area contributed by atoms with E-state index in [1.165, 1.54) is 6.07 Å². The third-order valence-electron chi connectivity index (χ3n) is 4.35. The van der Waals surface area contributed by atoms with E-state index in [1.807, 2.05) is 0 Å². The van der Waals surface area contributed by atoms with Gasteiger partial charge in [-0.3, -0.25) is 0 Å². The van der Waals surface area contributed by atoms with E-state index in [4.69, 9.17) is 0 Å². The Hall–Kier alpha value is -1.97. The van der Waals surface area contributed by atoms with Crippen LogP contribution in [0.5, 0.6) is 0 Å². The second-order valence-corrected chi connectivity index (χ2v) is 5.75. The maximum absolute atomic E-state index is 13.9. The fraction of sp³-hybridized carbons (Fsp3) is 0.412. The monoisotopic (exact) mass is 287 g/mol. The fourth-order valence-corrected chi connectivity index (χ4v) is 3.40. The number of rotatable bonds is 3. The number of hydrogen-bond donors (Lipinski definition) is 1. The second-order valence-electron chi connectivity index (χ2n) is 5.75. The van der Waals surface area contributed by atoms with Gasteiger partial charge in [0.05, 0.1) is 5.56 Å². The summed E-state index contributed by atoms with van der Waals surface area (Å²) < 4.78 is 13.9. The summed E-state index contributed by atoms with van der Waals surface area (Å²) in [6.45, 7) is 2.14. The lowest BCUT2D eigenvalue weighted by Gasteiger charge is -2.25. The summed E-state index contributed by atoms with van der Waals surface area (Å²) >= 11 is 0. The Balaban J connectivity index is 2.23. The summed E-state index contributed by atoms with van der Waals surface area (Å²) in [6.07, 6.45) is 4.68. The van der Waals surface area contributed by atoms with Crippen molar-refractivity contribution in [2.45, 2.75) is 39.0 Å². The third-order valence-corrected chi connectivity index (χ3v) is 4.35. The molecule has 1 unspecified atom stereocenters. The predicted molar refractivity (Wildman–Crippen MR) is 79.1 cm³/mol. The summed E-state index contributed by atoms with van der Waals surface area (Å²) in [5.74, 6) is -0.928. The summed E-state index contributed by atoms with van der Waals surface area (Å²) in [5.41, 5.74) is 2.00. The molecule has 110 valence electrons. The molecule has 1 atom stereocenters. The van der Waals surface area contributed by atoms with Gasteiger partial charge in [-0.2, -0.15) is 0 Å². The molecular formula is C17H18FNO2. The highest BCUT2D eigenvalue weighted by atomic mass is 19.1. The largest absolute Gasteiger partial charge is 0.478 e. The summed E-state index contributed by atoms with van der Waals surface area (Å²) in [7, 11) is 0. The standard InChI is InChI=1S/C17H18FNO2/c1-2-4-10-7-8-14-12(9-10)15(17(20)21)11-5-3-6-13(18)16(11)19-14/h3,5-6,10H,2,4,7-9H2,1H3,(H,20,21). The van der Waals surface area contributed by atoms with Crippen LogP contribution < -0.4 is 0 Å². The van der Waals surface area contributed by atoms with E-state index in [0.717, 1.165) is 43.4 Å². The van der Waals surface area contributed by atoms with E-state index in [-0.39, 0.29) is 11.1 Å². The van der Waals surface area contributed by atoms with Gasteiger partial charge in [0.1, 0.15) is 11.3 Å². The van der Waals surface area contributed by atoms with Crippen LogP contribution in [-0.4, -0.2) is 16.1 Å². The minimum atomic E-state index is -0.985. The molecule has 4 heteroatoms. The van der Waals surface area contributed by atoms with Crippen molar-refractivity contribution in [3.05, 3.63) is 40.8 Å². The summed E-state index contributed by atoms with van der Waals surface area (Å²) in [5, 5.41) is 10.0. The Morgan fingerprint density at radius 3 is 3.00 bits per heavy atom. The molecule has 0 fully saturated rings. The number of aromatic carboxylic acids is 1. The van der Waals surface area contributed by atoms with Gasteiger partial charge < -0.3 is 5.11 Å². The zero-order chi connectivity index (χ0) is 15.0. The van der Waals surface area contributed by atoms with Crippen LogP contribution in [0.2, 0.25) is 0 Å². The molecule has 2 aromatic rings. The number of aryl methyl sites for hydroxylation is 1. The normalized spacial score (nSPS) is 17.7. The summed E-state index contributed by atoms with van der Waals surface area (Å²) in [4.78, 5) is 16.1. The van der Waals surface area contributed by atoms with Gasteiger partial charge in [0.25, 0.3) is 0 Å².